The first-order valence-electron chi connectivity index (χ1n) is 7.26. The molecule has 2 N–H and O–H groups in total. The molecule has 0 aromatic rings. The molecule has 1 saturated carbocycles. The van der Waals surface area contributed by atoms with Crippen molar-refractivity contribution >= 4 is 0 Å². The average molecular weight is 266 g/mol. The first-order valence-corrected chi connectivity index (χ1v) is 7.26. The van der Waals surface area contributed by atoms with E-state index in [1.165, 1.54) is 5.57 Å². The van der Waals surface area contributed by atoms with Gasteiger partial charge in [-0.15, -0.1) is 0 Å². The average Bonchev–Trinajstić information content (AvgIpc) is 3.15. The lowest BCUT2D eigenvalue weighted by molar-refractivity contribution is -0.225. The zero-order valence-electron chi connectivity index (χ0n) is 11.6. The van der Waals surface area contributed by atoms with Crippen LogP contribution in [-0.2, 0) is 9.47 Å². The molecule has 2 aliphatic carbocycles. The summed E-state index contributed by atoms with van der Waals surface area (Å²) < 4.78 is 12.0. The largest absolute Gasteiger partial charge is 0.396 e. The summed E-state index contributed by atoms with van der Waals surface area (Å²) >= 11 is 0. The Bertz CT molecular complexity index is 455. The lowest BCUT2D eigenvalue weighted by Gasteiger charge is -2.58. The maximum absolute atomic E-state index is 10.6. The minimum absolute atomic E-state index is 0.0284. The summed E-state index contributed by atoms with van der Waals surface area (Å²) in [5, 5.41) is 20.8. The zero-order valence-corrected chi connectivity index (χ0v) is 11.6. The Balaban J connectivity index is 1.89. The normalized spacial score (nSPS) is 58.9. The molecular weight excluding hydrogens is 244 g/mol. The van der Waals surface area contributed by atoms with Gasteiger partial charge in [-0.3, -0.25) is 0 Å². The molecule has 19 heavy (non-hydrogen) atoms. The minimum atomic E-state index is -0.455. The van der Waals surface area contributed by atoms with Crippen molar-refractivity contribution in [2.45, 2.75) is 57.0 Å². The van der Waals surface area contributed by atoms with Gasteiger partial charge in [0.25, 0.3) is 0 Å². The van der Waals surface area contributed by atoms with E-state index in [1.54, 1.807) is 0 Å². The summed E-state index contributed by atoms with van der Waals surface area (Å²) in [6.45, 7) is 4.92. The molecule has 2 bridgehead atoms. The predicted molar refractivity (Wildman–Crippen MR) is 68.6 cm³/mol. The smallest absolute Gasteiger partial charge is 0.126 e. The molecule has 0 aromatic heterocycles. The number of hydrogen-bond acceptors (Lipinski definition) is 4. The van der Waals surface area contributed by atoms with Crippen molar-refractivity contribution in [2.75, 3.05) is 13.2 Å². The van der Waals surface area contributed by atoms with E-state index in [0.717, 1.165) is 12.8 Å². The first-order chi connectivity index (χ1) is 9.00. The summed E-state index contributed by atoms with van der Waals surface area (Å²) in [6, 6.07) is 0. The van der Waals surface area contributed by atoms with Crippen LogP contribution in [0.5, 0.6) is 0 Å². The second-order valence-corrected chi connectivity index (χ2v) is 7.00. The van der Waals surface area contributed by atoms with E-state index in [-0.39, 0.29) is 24.4 Å². The molecule has 4 rings (SSSR count). The van der Waals surface area contributed by atoms with Gasteiger partial charge in [0.1, 0.15) is 5.60 Å². The molecule has 2 heterocycles. The molecule has 4 nitrogen and oxygen atoms in total. The van der Waals surface area contributed by atoms with Gasteiger partial charge in [-0.05, 0) is 19.8 Å². The molecular formula is C15H22O4. The van der Waals surface area contributed by atoms with Crippen LogP contribution in [0, 0.1) is 10.8 Å². The molecule has 6 atom stereocenters. The monoisotopic (exact) mass is 266 g/mol. The minimum Gasteiger partial charge on any atom is -0.396 e. The standard InChI is InChI=1S/C15H22O4/c1-9-3-4-14(7-16)11(5-9)19-12-6-10(17)13(14,2)15(12)8-18-15/h5,10-12,16-17H,3-4,6-8H2,1-2H3/t10-,11?,12?,13-,14-,15-/m1/s1. The van der Waals surface area contributed by atoms with Crippen molar-refractivity contribution < 1.29 is 19.7 Å². The van der Waals surface area contributed by atoms with Crippen molar-refractivity contribution in [1.82, 2.24) is 0 Å². The maximum Gasteiger partial charge on any atom is 0.126 e. The van der Waals surface area contributed by atoms with E-state index >= 15 is 0 Å². The Morgan fingerprint density at radius 3 is 2.84 bits per heavy atom. The van der Waals surface area contributed by atoms with E-state index < -0.39 is 16.9 Å². The number of hydrogen-bond donors (Lipinski definition) is 2. The van der Waals surface area contributed by atoms with Gasteiger partial charge in [-0.25, -0.2) is 0 Å². The van der Waals surface area contributed by atoms with E-state index in [4.69, 9.17) is 9.47 Å². The number of aliphatic hydroxyl groups excluding tert-OH is 2. The van der Waals surface area contributed by atoms with Crippen LogP contribution in [0.2, 0.25) is 0 Å². The van der Waals surface area contributed by atoms with Crippen molar-refractivity contribution in [3.63, 3.8) is 0 Å². The van der Waals surface area contributed by atoms with Gasteiger partial charge in [-0.1, -0.05) is 18.6 Å². The number of ether oxygens (including phenoxy) is 2. The van der Waals surface area contributed by atoms with Gasteiger partial charge in [-0.2, -0.15) is 0 Å². The zero-order chi connectivity index (χ0) is 13.5. The van der Waals surface area contributed by atoms with Gasteiger partial charge < -0.3 is 19.7 Å². The lowest BCUT2D eigenvalue weighted by atomic mass is 9.51. The van der Waals surface area contributed by atoms with Gasteiger partial charge in [0.05, 0.1) is 31.5 Å². The summed E-state index contributed by atoms with van der Waals surface area (Å²) in [6.07, 6.45) is 4.03. The highest BCUT2D eigenvalue weighted by Gasteiger charge is 2.81. The predicted octanol–water partition coefficient (Wildman–Crippen LogP) is 1.01. The Kier molecular flexibility index (Phi) is 2.22. The number of fused-ring (bicyclic) bond motifs is 2. The molecule has 1 spiro atoms. The molecule has 2 unspecified atom stereocenters. The highest BCUT2D eigenvalue weighted by atomic mass is 16.6. The summed E-state index contributed by atoms with van der Waals surface area (Å²) in [7, 11) is 0. The van der Waals surface area contributed by atoms with E-state index in [0.29, 0.717) is 13.0 Å². The number of rotatable bonds is 1. The van der Waals surface area contributed by atoms with Crippen molar-refractivity contribution in [3.8, 4) is 0 Å². The topological polar surface area (TPSA) is 62.2 Å². The first kappa shape index (κ1) is 12.3. The molecule has 4 heteroatoms. The van der Waals surface area contributed by atoms with Crippen molar-refractivity contribution in [2.24, 2.45) is 10.8 Å². The van der Waals surface area contributed by atoms with Crippen molar-refractivity contribution in [1.29, 1.82) is 0 Å². The van der Waals surface area contributed by atoms with Gasteiger partial charge in [0.2, 0.25) is 0 Å². The summed E-state index contributed by atoms with van der Waals surface area (Å²) in [5.74, 6) is 0. The Hall–Kier alpha value is -0.420. The Morgan fingerprint density at radius 1 is 1.47 bits per heavy atom. The molecule has 0 amide bonds. The number of aliphatic hydroxyl groups is 2. The van der Waals surface area contributed by atoms with Crippen LogP contribution in [0.15, 0.2) is 11.6 Å². The van der Waals surface area contributed by atoms with E-state index in [2.05, 4.69) is 19.9 Å². The SMILES string of the molecule is CC1=CC2OC3C[C@@H](O)[C@](C)([C@@]2(CO)CC1)[C@@]31CO1. The molecule has 106 valence electrons. The lowest BCUT2D eigenvalue weighted by Crippen LogP contribution is -2.66. The quantitative estimate of drug-likeness (QED) is 0.549. The molecule has 0 radical (unpaired) electrons. The van der Waals surface area contributed by atoms with Gasteiger partial charge in [0.15, 0.2) is 0 Å². The van der Waals surface area contributed by atoms with Gasteiger partial charge in [0, 0.05) is 17.3 Å². The fourth-order valence-corrected chi connectivity index (χ4v) is 5.03. The third kappa shape index (κ3) is 1.13. The molecule has 4 aliphatic rings. The highest BCUT2D eigenvalue weighted by Crippen LogP contribution is 2.71. The van der Waals surface area contributed by atoms with Crippen LogP contribution < -0.4 is 0 Å². The Labute approximate surface area is 113 Å². The van der Waals surface area contributed by atoms with Crippen molar-refractivity contribution in [3.05, 3.63) is 11.6 Å². The van der Waals surface area contributed by atoms with E-state index in [9.17, 15) is 10.2 Å². The highest BCUT2D eigenvalue weighted by molar-refractivity contribution is 5.32. The maximum atomic E-state index is 10.6. The summed E-state index contributed by atoms with van der Waals surface area (Å²) in [5.41, 5.74) is 0.152. The third-order valence-corrected chi connectivity index (χ3v) is 6.53. The van der Waals surface area contributed by atoms with Crippen LogP contribution in [0.1, 0.15) is 33.1 Å². The van der Waals surface area contributed by atoms with Crippen LogP contribution in [0.3, 0.4) is 0 Å². The fraction of sp³-hybridized carbons (Fsp3) is 0.867. The molecule has 2 aliphatic heterocycles. The third-order valence-electron chi connectivity index (χ3n) is 6.53. The van der Waals surface area contributed by atoms with E-state index in [1.807, 2.05) is 0 Å². The van der Waals surface area contributed by atoms with Crippen LogP contribution in [0.25, 0.3) is 0 Å². The molecule has 0 aromatic carbocycles. The van der Waals surface area contributed by atoms with Crippen LogP contribution in [0.4, 0.5) is 0 Å². The fourth-order valence-electron chi connectivity index (χ4n) is 5.03. The number of epoxide rings is 1. The second kappa shape index (κ2) is 3.42. The van der Waals surface area contributed by atoms with Gasteiger partial charge >= 0.3 is 0 Å². The van der Waals surface area contributed by atoms with Crippen LogP contribution in [-0.4, -0.2) is 47.3 Å². The number of allylic oxidation sites excluding steroid dienone is 1. The molecule has 2 saturated heterocycles. The summed E-state index contributed by atoms with van der Waals surface area (Å²) in [4.78, 5) is 0. The molecule has 3 fully saturated rings. The second-order valence-electron chi connectivity index (χ2n) is 7.00. The Morgan fingerprint density at radius 2 is 2.21 bits per heavy atom. The van der Waals surface area contributed by atoms with Crippen LogP contribution >= 0.6 is 0 Å².